The van der Waals surface area contributed by atoms with Gasteiger partial charge in [0.15, 0.2) is 17.5 Å². The number of para-hydroxylation sites is 1. The minimum Gasteiger partial charge on any atom is -0.437 e. The van der Waals surface area contributed by atoms with Crippen molar-refractivity contribution in [3.05, 3.63) is 146 Å². The van der Waals surface area contributed by atoms with Crippen LogP contribution in [0.4, 0.5) is 0 Å². The summed E-state index contributed by atoms with van der Waals surface area (Å²) in [4.78, 5) is 19.6. The highest BCUT2D eigenvalue weighted by molar-refractivity contribution is 7.26. The lowest BCUT2D eigenvalue weighted by atomic mass is 9.96. The number of fused-ring (bicyclic) bond motifs is 7. The van der Waals surface area contributed by atoms with E-state index in [0.717, 1.165) is 44.2 Å². The number of nitrogens with zero attached hydrogens (tertiary/aromatic N) is 4. The summed E-state index contributed by atoms with van der Waals surface area (Å²) in [6.07, 6.45) is 1.77. The SMILES string of the molecule is c1ccc(-c2nc(-c3ccccc3)nc(-c3ccnc4oc5c(-c6cccc7sc8cc9ccccc9cc8c67)cccc5c34)n2)cc1. The van der Waals surface area contributed by atoms with Crippen molar-refractivity contribution in [1.29, 1.82) is 0 Å². The van der Waals surface area contributed by atoms with Crippen molar-refractivity contribution >= 4 is 64.4 Å². The van der Waals surface area contributed by atoms with E-state index in [1.807, 2.05) is 78.1 Å². The number of rotatable bonds is 4. The monoisotopic (exact) mass is 632 g/mol. The minimum absolute atomic E-state index is 0.547. The number of thiophene rings is 1. The summed E-state index contributed by atoms with van der Waals surface area (Å²) in [7, 11) is 0. The molecule has 10 aromatic rings. The summed E-state index contributed by atoms with van der Waals surface area (Å²) in [6.45, 7) is 0. The van der Waals surface area contributed by atoms with E-state index >= 15 is 0 Å². The molecule has 0 saturated heterocycles. The minimum atomic E-state index is 0.547. The van der Waals surface area contributed by atoms with Gasteiger partial charge in [0.1, 0.15) is 5.58 Å². The Bertz CT molecular complexity index is 2780. The fourth-order valence-electron chi connectivity index (χ4n) is 6.78. The van der Waals surface area contributed by atoms with Crippen LogP contribution in [0.1, 0.15) is 0 Å². The van der Waals surface area contributed by atoms with E-state index in [-0.39, 0.29) is 0 Å². The fraction of sp³-hybridized carbons (Fsp3) is 0. The van der Waals surface area contributed by atoms with Gasteiger partial charge in [0.25, 0.3) is 0 Å². The molecule has 0 unspecified atom stereocenters. The van der Waals surface area contributed by atoms with Crippen LogP contribution in [0, 0.1) is 0 Å². The van der Waals surface area contributed by atoms with Crippen molar-refractivity contribution in [2.24, 2.45) is 0 Å². The number of benzene rings is 6. The van der Waals surface area contributed by atoms with Crippen LogP contribution in [0.15, 0.2) is 150 Å². The second kappa shape index (κ2) is 10.7. The molecule has 4 heterocycles. The van der Waals surface area contributed by atoms with Crippen LogP contribution in [0.5, 0.6) is 0 Å². The first kappa shape index (κ1) is 26.9. The number of hydrogen-bond donors (Lipinski definition) is 0. The quantitative estimate of drug-likeness (QED) is 0.193. The van der Waals surface area contributed by atoms with Crippen LogP contribution in [0.3, 0.4) is 0 Å². The molecule has 6 aromatic carbocycles. The van der Waals surface area contributed by atoms with Gasteiger partial charge in [-0.25, -0.2) is 19.9 Å². The molecule has 10 rings (SSSR count). The second-order valence-electron chi connectivity index (χ2n) is 11.8. The molecule has 0 spiro atoms. The maximum atomic E-state index is 6.66. The summed E-state index contributed by atoms with van der Waals surface area (Å²) < 4.78 is 9.18. The predicted molar refractivity (Wildman–Crippen MR) is 197 cm³/mol. The molecule has 48 heavy (non-hydrogen) atoms. The zero-order valence-corrected chi connectivity index (χ0v) is 26.3. The molecular weight excluding hydrogens is 609 g/mol. The maximum Gasteiger partial charge on any atom is 0.228 e. The van der Waals surface area contributed by atoms with Crippen LogP contribution in [-0.2, 0) is 0 Å². The molecule has 0 atom stereocenters. The number of furan rings is 1. The molecule has 0 aliphatic heterocycles. The predicted octanol–water partition coefficient (Wildman–Crippen LogP) is 11.4. The Balaban J connectivity index is 1.22. The van der Waals surface area contributed by atoms with Gasteiger partial charge < -0.3 is 4.42 Å². The first-order chi connectivity index (χ1) is 23.8. The van der Waals surface area contributed by atoms with E-state index in [9.17, 15) is 0 Å². The Morgan fingerprint density at radius 3 is 1.85 bits per heavy atom. The van der Waals surface area contributed by atoms with E-state index in [0.29, 0.717) is 23.2 Å². The van der Waals surface area contributed by atoms with Crippen molar-refractivity contribution in [2.45, 2.75) is 0 Å². The van der Waals surface area contributed by atoms with Gasteiger partial charge in [0.05, 0.1) is 5.39 Å². The third kappa shape index (κ3) is 4.24. The first-order valence-corrected chi connectivity index (χ1v) is 16.6. The molecule has 0 fully saturated rings. The smallest absolute Gasteiger partial charge is 0.228 e. The molecule has 0 aliphatic rings. The van der Waals surface area contributed by atoms with Gasteiger partial charge in [-0.1, -0.05) is 115 Å². The zero-order valence-electron chi connectivity index (χ0n) is 25.5. The Labute approximate surface area is 278 Å². The molecular formula is C42H24N4OS. The summed E-state index contributed by atoms with van der Waals surface area (Å²) in [5.74, 6) is 1.80. The molecule has 0 radical (unpaired) electrons. The standard InChI is InChI=1S/C42H24N4OS/c1-3-11-25(12-4-1)39-44-40(26-13-5-2-6-14-26)46-41(45-39)32-21-22-43-42-37(32)31-19-9-18-30(38(31)47-42)29-17-10-20-34-36(29)33-23-27-15-7-8-16-28(27)24-35(33)48-34/h1-24H. The molecule has 4 aromatic heterocycles. The third-order valence-electron chi connectivity index (χ3n) is 8.99. The van der Waals surface area contributed by atoms with E-state index < -0.39 is 0 Å². The summed E-state index contributed by atoms with van der Waals surface area (Å²) >= 11 is 1.83. The molecule has 0 saturated carbocycles. The van der Waals surface area contributed by atoms with Crippen molar-refractivity contribution in [1.82, 2.24) is 19.9 Å². The Kier molecular flexibility index (Phi) is 5.98. The molecule has 224 valence electrons. The van der Waals surface area contributed by atoms with Crippen LogP contribution < -0.4 is 0 Å². The molecule has 0 bridgehead atoms. The van der Waals surface area contributed by atoms with Crippen molar-refractivity contribution < 1.29 is 4.42 Å². The molecule has 6 heteroatoms. The fourth-order valence-corrected chi connectivity index (χ4v) is 7.95. The highest BCUT2D eigenvalue weighted by atomic mass is 32.1. The Morgan fingerprint density at radius 1 is 0.458 bits per heavy atom. The number of aromatic nitrogens is 4. The van der Waals surface area contributed by atoms with Gasteiger partial charge in [-0.3, -0.25) is 0 Å². The summed E-state index contributed by atoms with van der Waals surface area (Å²) in [6, 6.07) is 48.1. The Hall–Kier alpha value is -6.24. The van der Waals surface area contributed by atoms with Crippen molar-refractivity contribution in [3.63, 3.8) is 0 Å². The molecule has 0 amide bonds. The topological polar surface area (TPSA) is 64.7 Å². The molecule has 5 nitrogen and oxygen atoms in total. The van der Waals surface area contributed by atoms with E-state index in [1.165, 1.54) is 30.9 Å². The average Bonchev–Trinajstić information content (AvgIpc) is 3.72. The van der Waals surface area contributed by atoms with Crippen molar-refractivity contribution in [3.8, 4) is 45.3 Å². The third-order valence-corrected chi connectivity index (χ3v) is 10.1. The average molecular weight is 633 g/mol. The van der Waals surface area contributed by atoms with Crippen LogP contribution in [-0.4, -0.2) is 19.9 Å². The van der Waals surface area contributed by atoms with Gasteiger partial charge >= 0.3 is 0 Å². The molecule has 0 aliphatic carbocycles. The van der Waals surface area contributed by atoms with Gasteiger partial charge in [-0.2, -0.15) is 0 Å². The highest BCUT2D eigenvalue weighted by Gasteiger charge is 2.21. The van der Waals surface area contributed by atoms with Gasteiger partial charge in [0.2, 0.25) is 5.71 Å². The van der Waals surface area contributed by atoms with Gasteiger partial charge in [0, 0.05) is 54.0 Å². The van der Waals surface area contributed by atoms with Gasteiger partial charge in [-0.05, 0) is 40.6 Å². The Morgan fingerprint density at radius 2 is 1.10 bits per heavy atom. The number of pyridine rings is 1. The zero-order chi connectivity index (χ0) is 31.6. The van der Waals surface area contributed by atoms with E-state index in [1.54, 1.807) is 6.20 Å². The van der Waals surface area contributed by atoms with Crippen molar-refractivity contribution in [2.75, 3.05) is 0 Å². The lowest BCUT2D eigenvalue weighted by Crippen LogP contribution is -2.00. The maximum absolute atomic E-state index is 6.66. The second-order valence-corrected chi connectivity index (χ2v) is 12.9. The largest absolute Gasteiger partial charge is 0.437 e. The normalized spacial score (nSPS) is 11.8. The lowest BCUT2D eigenvalue weighted by Gasteiger charge is -2.09. The highest BCUT2D eigenvalue weighted by Crippen LogP contribution is 2.45. The number of hydrogen-bond acceptors (Lipinski definition) is 6. The molecule has 0 N–H and O–H groups in total. The first-order valence-electron chi connectivity index (χ1n) is 15.8. The van der Waals surface area contributed by atoms with Gasteiger partial charge in [-0.15, -0.1) is 11.3 Å². The van der Waals surface area contributed by atoms with E-state index in [4.69, 9.17) is 24.4 Å². The van der Waals surface area contributed by atoms with Crippen LogP contribution in [0.2, 0.25) is 0 Å². The summed E-state index contributed by atoms with van der Waals surface area (Å²) in [5.41, 5.74) is 6.20. The summed E-state index contributed by atoms with van der Waals surface area (Å²) in [5, 5.41) is 6.82. The van der Waals surface area contributed by atoms with E-state index in [2.05, 4.69) is 72.8 Å². The lowest BCUT2D eigenvalue weighted by molar-refractivity contribution is 0.655. The van der Waals surface area contributed by atoms with Crippen LogP contribution in [0.25, 0.3) is 98.3 Å². The van der Waals surface area contributed by atoms with Crippen LogP contribution >= 0.6 is 11.3 Å².